The minimum Gasteiger partial charge on any atom is -0.349 e. The molecule has 0 aliphatic carbocycles. The number of nitrogens with zero attached hydrogens (tertiary/aromatic N) is 1. The van der Waals surface area contributed by atoms with Gasteiger partial charge in [0.1, 0.15) is 0 Å². The lowest BCUT2D eigenvalue weighted by atomic mass is 10.2. The summed E-state index contributed by atoms with van der Waals surface area (Å²) in [5.41, 5.74) is 0.616. The number of anilines is 1. The second kappa shape index (κ2) is 9.73. The first-order chi connectivity index (χ1) is 9.99. The fourth-order valence-corrected chi connectivity index (χ4v) is 3.06. The highest BCUT2D eigenvalue weighted by atomic mass is 35.5. The van der Waals surface area contributed by atoms with Crippen molar-refractivity contribution in [3.8, 4) is 0 Å². The highest BCUT2D eigenvalue weighted by molar-refractivity contribution is 7.80. The van der Waals surface area contributed by atoms with Crippen LogP contribution in [0.15, 0.2) is 12.1 Å². The average molecular weight is 368 g/mol. The maximum Gasteiger partial charge on any atom is 0.173 e. The molecule has 0 saturated carbocycles. The van der Waals surface area contributed by atoms with Crippen LogP contribution in [0.25, 0.3) is 0 Å². The lowest BCUT2D eigenvalue weighted by Gasteiger charge is -2.26. The van der Waals surface area contributed by atoms with E-state index >= 15 is 0 Å². The van der Waals surface area contributed by atoms with Gasteiger partial charge >= 0.3 is 0 Å². The van der Waals surface area contributed by atoms with E-state index in [0.29, 0.717) is 25.9 Å². The molecule has 0 saturated heterocycles. The summed E-state index contributed by atoms with van der Waals surface area (Å²) in [6.07, 6.45) is 4.47. The van der Waals surface area contributed by atoms with E-state index in [1.165, 1.54) is 0 Å². The summed E-state index contributed by atoms with van der Waals surface area (Å²) < 4.78 is 0. The van der Waals surface area contributed by atoms with Crippen molar-refractivity contribution in [2.24, 2.45) is 0 Å². The summed E-state index contributed by atoms with van der Waals surface area (Å²) in [7, 11) is 0. The molecule has 2 nitrogen and oxygen atoms in total. The van der Waals surface area contributed by atoms with Crippen molar-refractivity contribution < 1.29 is 0 Å². The Morgan fingerprint density at radius 2 is 1.52 bits per heavy atom. The zero-order valence-electron chi connectivity index (χ0n) is 12.4. The molecular weight excluding hydrogens is 347 g/mol. The average Bonchev–Trinajstić information content (AvgIpc) is 2.42. The molecule has 0 amide bonds. The first kappa shape index (κ1) is 18.8. The number of hydrogen-bond donors (Lipinski definition) is 1. The molecule has 0 radical (unpaired) electrons. The van der Waals surface area contributed by atoms with Crippen LogP contribution in [0.1, 0.15) is 39.5 Å². The fraction of sp³-hybridized carbons (Fsp3) is 0.533. The van der Waals surface area contributed by atoms with Gasteiger partial charge in [0.2, 0.25) is 0 Å². The van der Waals surface area contributed by atoms with Gasteiger partial charge < -0.3 is 10.2 Å². The number of rotatable bonds is 7. The molecular formula is C15H21Cl3N2S. The molecule has 0 atom stereocenters. The minimum absolute atomic E-state index is 0.473. The van der Waals surface area contributed by atoms with Crippen LogP contribution in [0.5, 0.6) is 0 Å². The quantitative estimate of drug-likeness (QED) is 0.574. The Labute approximate surface area is 147 Å². The molecule has 21 heavy (non-hydrogen) atoms. The van der Waals surface area contributed by atoms with Gasteiger partial charge in [0.25, 0.3) is 0 Å². The second-order valence-electron chi connectivity index (χ2n) is 4.87. The Balaban J connectivity index is 2.80. The summed E-state index contributed by atoms with van der Waals surface area (Å²) >= 11 is 23.8. The molecule has 0 unspecified atom stereocenters. The van der Waals surface area contributed by atoms with Gasteiger partial charge in [0.05, 0.1) is 15.7 Å². The molecule has 0 aliphatic rings. The lowest BCUT2D eigenvalue weighted by Crippen LogP contribution is -2.36. The molecule has 0 spiro atoms. The number of nitrogens with one attached hydrogen (secondary N) is 1. The van der Waals surface area contributed by atoms with E-state index in [2.05, 4.69) is 24.1 Å². The van der Waals surface area contributed by atoms with E-state index < -0.39 is 0 Å². The molecule has 0 aromatic heterocycles. The number of unbranched alkanes of at least 4 members (excludes halogenated alkanes) is 2. The zero-order chi connectivity index (χ0) is 15.8. The van der Waals surface area contributed by atoms with E-state index in [4.69, 9.17) is 47.0 Å². The van der Waals surface area contributed by atoms with Crippen LogP contribution >= 0.6 is 47.0 Å². The standard InChI is InChI=1S/C15H21Cl3N2S/c1-3-5-7-20(8-6-4-2)15(21)19-14-12(17)9-11(16)10-13(14)18/h9-10H,3-8H2,1-2H3,(H,19,21). The summed E-state index contributed by atoms with van der Waals surface area (Å²) in [5, 5.41) is 5.27. The predicted octanol–water partition coefficient (Wildman–Crippen LogP) is 6.25. The molecule has 1 rings (SSSR count). The van der Waals surface area contributed by atoms with Crippen LogP contribution in [0.3, 0.4) is 0 Å². The number of halogens is 3. The maximum atomic E-state index is 6.18. The Bertz CT molecular complexity index is 449. The van der Waals surface area contributed by atoms with Crippen LogP contribution in [-0.4, -0.2) is 23.1 Å². The number of benzene rings is 1. The predicted molar refractivity (Wildman–Crippen MR) is 99.1 cm³/mol. The third-order valence-corrected chi connectivity index (χ3v) is 4.26. The first-order valence-electron chi connectivity index (χ1n) is 7.20. The molecule has 118 valence electrons. The van der Waals surface area contributed by atoms with E-state index in [9.17, 15) is 0 Å². The van der Waals surface area contributed by atoms with Gasteiger partial charge in [-0.3, -0.25) is 0 Å². The Morgan fingerprint density at radius 1 is 1.05 bits per heavy atom. The fourth-order valence-electron chi connectivity index (χ4n) is 1.86. The molecule has 6 heteroatoms. The van der Waals surface area contributed by atoms with Crippen LogP contribution in [0.4, 0.5) is 5.69 Å². The summed E-state index contributed by atoms with van der Waals surface area (Å²) in [4.78, 5) is 2.17. The van der Waals surface area contributed by atoms with Crippen LogP contribution in [0.2, 0.25) is 15.1 Å². The van der Waals surface area contributed by atoms with Gasteiger partial charge in [0, 0.05) is 18.1 Å². The molecule has 0 fully saturated rings. The molecule has 1 aromatic rings. The van der Waals surface area contributed by atoms with Crippen molar-refractivity contribution in [2.45, 2.75) is 39.5 Å². The number of thiocarbonyl (C=S) groups is 1. The Hall–Kier alpha value is -0.220. The summed E-state index contributed by atoms with van der Waals surface area (Å²) in [5.74, 6) is 0. The zero-order valence-corrected chi connectivity index (χ0v) is 15.5. The SMILES string of the molecule is CCCCN(CCCC)C(=S)Nc1c(Cl)cc(Cl)cc1Cl. The van der Waals surface area contributed by atoms with Gasteiger partial charge in [-0.15, -0.1) is 0 Å². The van der Waals surface area contributed by atoms with Gasteiger partial charge in [0.15, 0.2) is 5.11 Å². The van der Waals surface area contributed by atoms with Crippen LogP contribution < -0.4 is 5.32 Å². The van der Waals surface area contributed by atoms with Gasteiger partial charge in [-0.25, -0.2) is 0 Å². The van der Waals surface area contributed by atoms with E-state index in [-0.39, 0.29) is 0 Å². The molecule has 0 bridgehead atoms. The number of hydrogen-bond acceptors (Lipinski definition) is 1. The topological polar surface area (TPSA) is 15.3 Å². The second-order valence-corrected chi connectivity index (χ2v) is 6.51. The summed E-state index contributed by atoms with van der Waals surface area (Å²) in [6.45, 7) is 6.21. The smallest absolute Gasteiger partial charge is 0.173 e. The normalized spacial score (nSPS) is 10.5. The van der Waals surface area contributed by atoms with Crippen molar-refractivity contribution in [3.05, 3.63) is 27.2 Å². The third kappa shape index (κ3) is 6.19. The van der Waals surface area contributed by atoms with E-state index in [1.54, 1.807) is 12.1 Å². The Morgan fingerprint density at radius 3 is 1.95 bits per heavy atom. The van der Waals surface area contributed by atoms with Gasteiger partial charge in [-0.05, 0) is 37.2 Å². The van der Waals surface area contributed by atoms with E-state index in [1.807, 2.05) is 0 Å². The van der Waals surface area contributed by atoms with Crippen molar-refractivity contribution >= 4 is 57.8 Å². The Kier molecular flexibility index (Phi) is 8.72. The lowest BCUT2D eigenvalue weighted by molar-refractivity contribution is 0.403. The van der Waals surface area contributed by atoms with Gasteiger partial charge in [-0.1, -0.05) is 61.5 Å². The monoisotopic (exact) mass is 366 g/mol. The highest BCUT2D eigenvalue weighted by Gasteiger charge is 2.13. The largest absolute Gasteiger partial charge is 0.349 e. The molecule has 0 heterocycles. The van der Waals surface area contributed by atoms with Crippen molar-refractivity contribution in [1.82, 2.24) is 4.90 Å². The first-order valence-corrected chi connectivity index (χ1v) is 8.74. The highest BCUT2D eigenvalue weighted by Crippen LogP contribution is 2.33. The summed E-state index contributed by atoms with van der Waals surface area (Å²) in [6, 6.07) is 3.31. The molecule has 1 N–H and O–H groups in total. The third-order valence-electron chi connectivity index (χ3n) is 3.09. The van der Waals surface area contributed by atoms with Crippen LogP contribution in [0, 0.1) is 0 Å². The molecule has 1 aromatic carbocycles. The van der Waals surface area contributed by atoms with Crippen molar-refractivity contribution in [3.63, 3.8) is 0 Å². The molecule has 0 aliphatic heterocycles. The van der Waals surface area contributed by atoms with Crippen molar-refractivity contribution in [1.29, 1.82) is 0 Å². The van der Waals surface area contributed by atoms with Crippen LogP contribution in [-0.2, 0) is 0 Å². The van der Waals surface area contributed by atoms with Crippen molar-refractivity contribution in [2.75, 3.05) is 18.4 Å². The van der Waals surface area contributed by atoms with Gasteiger partial charge in [-0.2, -0.15) is 0 Å². The maximum absolute atomic E-state index is 6.18. The minimum atomic E-state index is 0.473. The van der Waals surface area contributed by atoms with E-state index in [0.717, 1.165) is 38.8 Å².